The van der Waals surface area contributed by atoms with Gasteiger partial charge in [-0.2, -0.15) is 0 Å². The Kier molecular flexibility index (Phi) is 4.06. The molecule has 6 nitrogen and oxygen atoms in total. The van der Waals surface area contributed by atoms with Crippen LogP contribution in [-0.2, 0) is 10.0 Å². The maximum absolute atomic E-state index is 13.4. The summed E-state index contributed by atoms with van der Waals surface area (Å²) in [5, 5.41) is 0. The topological polar surface area (TPSA) is 76.9 Å². The normalized spacial score (nSPS) is 11.5. The molecule has 8 heteroatoms. The number of hydrogen-bond acceptors (Lipinski definition) is 4. The molecule has 0 atom stereocenters. The molecule has 124 valence electrons. The summed E-state index contributed by atoms with van der Waals surface area (Å²) in [7, 11) is -3.89. The number of aromatic nitrogens is 3. The lowest BCUT2D eigenvalue weighted by Crippen LogP contribution is -2.15. The molecular formula is C16H15FN4O2S. The molecule has 0 bridgehead atoms. The lowest BCUT2D eigenvalue weighted by molar-refractivity contribution is 0.594. The highest BCUT2D eigenvalue weighted by atomic mass is 32.2. The van der Waals surface area contributed by atoms with Gasteiger partial charge in [-0.05, 0) is 43.7 Å². The van der Waals surface area contributed by atoms with Crippen molar-refractivity contribution in [3.63, 3.8) is 0 Å². The van der Waals surface area contributed by atoms with Gasteiger partial charge in [0.25, 0.3) is 10.0 Å². The number of aryl methyl sites for hydroxylation is 2. The van der Waals surface area contributed by atoms with Crippen LogP contribution in [0.15, 0.2) is 53.8 Å². The van der Waals surface area contributed by atoms with Crippen LogP contribution in [0.25, 0.3) is 5.82 Å². The first-order valence-corrected chi connectivity index (χ1v) is 8.60. The summed E-state index contributed by atoms with van der Waals surface area (Å²) in [5.74, 6) is 0.783. The predicted octanol–water partition coefficient (Wildman–Crippen LogP) is 2.82. The van der Waals surface area contributed by atoms with Crippen molar-refractivity contribution in [2.45, 2.75) is 18.7 Å². The van der Waals surface area contributed by atoms with Crippen LogP contribution in [0.3, 0.4) is 0 Å². The molecule has 3 aromatic rings. The van der Waals surface area contributed by atoms with Gasteiger partial charge in [-0.3, -0.25) is 9.29 Å². The molecule has 24 heavy (non-hydrogen) atoms. The van der Waals surface area contributed by atoms with E-state index in [0.717, 1.165) is 11.9 Å². The molecule has 3 rings (SSSR count). The fraction of sp³-hybridized carbons (Fsp3) is 0.125. The molecule has 0 saturated carbocycles. The van der Waals surface area contributed by atoms with Gasteiger partial charge >= 0.3 is 0 Å². The SMILES string of the molecule is Cc1ccc(F)cc1S(=O)(=O)Nc1ccc(-n2ccnc2C)nc1. The van der Waals surface area contributed by atoms with E-state index in [1.807, 2.05) is 6.92 Å². The number of anilines is 1. The molecule has 1 N–H and O–H groups in total. The highest BCUT2D eigenvalue weighted by molar-refractivity contribution is 7.92. The first kappa shape index (κ1) is 16.1. The Morgan fingerprint density at radius 1 is 1.12 bits per heavy atom. The fourth-order valence-electron chi connectivity index (χ4n) is 2.28. The van der Waals surface area contributed by atoms with E-state index in [1.54, 1.807) is 36.0 Å². The van der Waals surface area contributed by atoms with Crippen LogP contribution < -0.4 is 4.72 Å². The minimum absolute atomic E-state index is 0.1000. The number of sulfonamides is 1. The summed E-state index contributed by atoms with van der Waals surface area (Å²) >= 11 is 0. The van der Waals surface area contributed by atoms with Crippen molar-refractivity contribution in [3.8, 4) is 5.82 Å². The van der Waals surface area contributed by atoms with Gasteiger partial charge in [0.1, 0.15) is 17.5 Å². The predicted molar refractivity (Wildman–Crippen MR) is 88.0 cm³/mol. The minimum atomic E-state index is -3.89. The lowest BCUT2D eigenvalue weighted by atomic mass is 10.2. The first-order valence-electron chi connectivity index (χ1n) is 7.12. The van der Waals surface area contributed by atoms with Crippen LogP contribution in [0.4, 0.5) is 10.1 Å². The van der Waals surface area contributed by atoms with Crippen molar-refractivity contribution in [3.05, 3.63) is 66.1 Å². The van der Waals surface area contributed by atoms with E-state index in [4.69, 9.17) is 0 Å². The second kappa shape index (κ2) is 6.04. The molecule has 0 spiro atoms. The van der Waals surface area contributed by atoms with Crippen molar-refractivity contribution in [2.24, 2.45) is 0 Å². The van der Waals surface area contributed by atoms with Gasteiger partial charge in [0.05, 0.1) is 16.8 Å². The maximum atomic E-state index is 13.4. The summed E-state index contributed by atoms with van der Waals surface area (Å²) in [4.78, 5) is 8.23. The van der Waals surface area contributed by atoms with E-state index in [2.05, 4.69) is 14.7 Å². The maximum Gasteiger partial charge on any atom is 0.262 e. The van der Waals surface area contributed by atoms with Crippen molar-refractivity contribution in [2.75, 3.05) is 4.72 Å². The number of nitrogens with one attached hydrogen (secondary N) is 1. The quantitative estimate of drug-likeness (QED) is 0.788. The number of hydrogen-bond donors (Lipinski definition) is 1. The molecule has 0 radical (unpaired) electrons. The Bertz CT molecular complexity index is 982. The molecule has 0 saturated heterocycles. The van der Waals surface area contributed by atoms with Crippen molar-refractivity contribution < 1.29 is 12.8 Å². The van der Waals surface area contributed by atoms with Gasteiger partial charge in [-0.1, -0.05) is 6.07 Å². The van der Waals surface area contributed by atoms with Crippen LogP contribution in [0.2, 0.25) is 0 Å². The summed E-state index contributed by atoms with van der Waals surface area (Å²) in [6, 6.07) is 6.90. The van der Waals surface area contributed by atoms with Crippen molar-refractivity contribution >= 4 is 15.7 Å². The number of nitrogens with zero attached hydrogens (tertiary/aromatic N) is 3. The van der Waals surface area contributed by atoms with E-state index >= 15 is 0 Å². The molecule has 0 amide bonds. The minimum Gasteiger partial charge on any atom is -0.288 e. The Morgan fingerprint density at radius 2 is 1.92 bits per heavy atom. The van der Waals surface area contributed by atoms with Crippen LogP contribution >= 0.6 is 0 Å². The van der Waals surface area contributed by atoms with E-state index in [-0.39, 0.29) is 4.90 Å². The van der Waals surface area contributed by atoms with Crippen molar-refractivity contribution in [1.82, 2.24) is 14.5 Å². The largest absolute Gasteiger partial charge is 0.288 e. The van der Waals surface area contributed by atoms with Gasteiger partial charge < -0.3 is 0 Å². The Labute approximate surface area is 139 Å². The molecular weight excluding hydrogens is 331 g/mol. The first-order chi connectivity index (χ1) is 11.4. The fourth-order valence-corrected chi connectivity index (χ4v) is 3.58. The van der Waals surface area contributed by atoms with Gasteiger partial charge in [-0.15, -0.1) is 0 Å². The number of halogens is 1. The summed E-state index contributed by atoms with van der Waals surface area (Å²) in [6.45, 7) is 3.45. The number of pyridine rings is 1. The third-order valence-electron chi connectivity index (χ3n) is 3.51. The Hall–Kier alpha value is -2.74. The number of benzene rings is 1. The summed E-state index contributed by atoms with van der Waals surface area (Å²) < 4.78 is 42.4. The highest BCUT2D eigenvalue weighted by Crippen LogP contribution is 2.20. The smallest absolute Gasteiger partial charge is 0.262 e. The number of rotatable bonds is 4. The second-order valence-corrected chi connectivity index (χ2v) is 6.92. The average Bonchev–Trinajstić information content (AvgIpc) is 2.96. The molecule has 2 heterocycles. The van der Waals surface area contributed by atoms with Crippen LogP contribution in [-0.4, -0.2) is 23.0 Å². The van der Waals surface area contributed by atoms with Gasteiger partial charge in [-0.25, -0.2) is 22.8 Å². The van der Waals surface area contributed by atoms with Crippen LogP contribution in [0.1, 0.15) is 11.4 Å². The zero-order chi connectivity index (χ0) is 17.3. The van der Waals surface area contributed by atoms with E-state index < -0.39 is 15.8 Å². The molecule has 0 unspecified atom stereocenters. The summed E-state index contributed by atoms with van der Waals surface area (Å²) in [6.07, 6.45) is 4.82. The summed E-state index contributed by atoms with van der Waals surface area (Å²) in [5.41, 5.74) is 0.752. The third-order valence-corrected chi connectivity index (χ3v) is 5.04. The average molecular weight is 346 g/mol. The van der Waals surface area contributed by atoms with Gasteiger partial charge in [0.2, 0.25) is 0 Å². The van der Waals surface area contributed by atoms with E-state index in [0.29, 0.717) is 17.1 Å². The standard InChI is InChI=1S/C16H15FN4O2S/c1-11-3-4-13(17)9-15(11)24(22,23)20-14-5-6-16(19-10-14)21-8-7-18-12(21)2/h3-10,20H,1-2H3. The Morgan fingerprint density at radius 3 is 2.54 bits per heavy atom. The molecule has 0 aliphatic rings. The molecule has 1 aromatic carbocycles. The van der Waals surface area contributed by atoms with E-state index in [9.17, 15) is 12.8 Å². The zero-order valence-electron chi connectivity index (χ0n) is 13.1. The van der Waals surface area contributed by atoms with Crippen LogP contribution in [0.5, 0.6) is 0 Å². The molecule has 0 aliphatic carbocycles. The monoisotopic (exact) mass is 346 g/mol. The highest BCUT2D eigenvalue weighted by Gasteiger charge is 2.18. The third kappa shape index (κ3) is 3.13. The second-order valence-electron chi connectivity index (χ2n) is 5.26. The molecule has 2 aromatic heterocycles. The van der Waals surface area contributed by atoms with E-state index in [1.165, 1.54) is 18.3 Å². The van der Waals surface area contributed by atoms with Crippen LogP contribution in [0, 0.1) is 19.7 Å². The van der Waals surface area contributed by atoms with Gasteiger partial charge in [0.15, 0.2) is 0 Å². The zero-order valence-corrected chi connectivity index (χ0v) is 13.9. The Balaban J connectivity index is 1.88. The van der Waals surface area contributed by atoms with Gasteiger partial charge in [0, 0.05) is 12.4 Å². The molecule has 0 aliphatic heterocycles. The van der Waals surface area contributed by atoms with Crippen molar-refractivity contribution in [1.29, 1.82) is 0 Å². The number of imidazole rings is 1. The molecule has 0 fully saturated rings. The lowest BCUT2D eigenvalue weighted by Gasteiger charge is -2.11.